The standard InChI is InChI=1S/C8H21O2Si2.C8H22OSi2.C6H18O3Si3.C6H15OSi.C4H9.C2H7ClSi.3Li.2H2/c1-6-7-8-11(2,3)10-12(4,5)9;1-6-7-8-11(4,5)9-10(2)3;1-10(2)7-11(3,4)9-12(5,6)8-10;1-4-5-6-8(2,3)7;1-3-4-2;1-4(2)3;;;;;/h6-8H2,1-5H3;10H,6-8H2,1-5H3;1-6H3;4-6H2,1-3H3;1,3-4H2,2H3;4H,1-2H3;;;;2*1H/q-1;;;2*-1;;3*+1;;/i;;;;;;;;;1+1D;1+1. The molecule has 320 valence electrons. The van der Waals surface area contributed by atoms with Crippen molar-refractivity contribution in [1.82, 2.24) is 0 Å². The monoisotopic (exact) mass is 928 g/mol. The van der Waals surface area contributed by atoms with E-state index in [0.29, 0.717) is 0 Å². The van der Waals surface area contributed by atoms with E-state index in [1.807, 2.05) is 13.1 Å². The molecule has 1 aliphatic rings. The molecule has 0 bridgehead atoms. The molecule has 0 aromatic carbocycles. The smallest absolute Gasteiger partial charge is 0.859 e. The van der Waals surface area contributed by atoms with Gasteiger partial charge in [0.2, 0.25) is 0 Å². The van der Waals surface area contributed by atoms with E-state index < -0.39 is 76.3 Å². The summed E-state index contributed by atoms with van der Waals surface area (Å²) in [7, 11) is -14.3. The summed E-state index contributed by atoms with van der Waals surface area (Å²) in [4.78, 5) is 22.4. The van der Waals surface area contributed by atoms with Gasteiger partial charge in [0.25, 0.3) is 0 Å². The fourth-order valence-electron chi connectivity index (χ4n) is 5.06. The van der Waals surface area contributed by atoms with Gasteiger partial charge in [0, 0.05) is 4.40 Å². The molecular formula is C34H96ClLi3O7Si9. The van der Waals surface area contributed by atoms with E-state index in [1.54, 1.807) is 13.1 Å². The minimum absolute atomic E-state index is 0. The maximum Gasteiger partial charge on any atom is 1.00 e. The first-order valence-corrected chi connectivity index (χ1v) is 47.3. The first-order chi connectivity index (χ1) is 23.6. The van der Waals surface area contributed by atoms with E-state index in [4.69, 9.17) is 34.6 Å². The number of hydrogen-bond donors (Lipinski definition) is 0. The second-order valence-electron chi connectivity index (χ2n) is 17.6. The second kappa shape index (κ2) is 38.4. The summed E-state index contributed by atoms with van der Waals surface area (Å²) in [5.41, 5.74) is 0. The third-order valence-corrected chi connectivity index (χ3v) is 31.4. The van der Waals surface area contributed by atoms with Crippen molar-refractivity contribution in [2.24, 2.45) is 0 Å². The van der Waals surface area contributed by atoms with Gasteiger partial charge in [-0.1, -0.05) is 126 Å². The van der Waals surface area contributed by atoms with Crippen molar-refractivity contribution in [3.63, 3.8) is 0 Å². The number of rotatable bonds is 14. The molecule has 0 aromatic heterocycles. The average molecular weight is 929 g/mol. The minimum atomic E-state index is -2.53. The zero-order chi connectivity index (χ0) is 44.0. The molecule has 0 spiro atoms. The topological polar surface area (TPSA) is 92.3 Å². The van der Waals surface area contributed by atoms with Crippen LogP contribution in [-0.4, -0.2) is 76.3 Å². The fourth-order valence-corrected chi connectivity index (χ4v) is 35.8. The zero-order valence-electron chi connectivity index (χ0n) is 43.4. The Kier molecular flexibility index (Phi) is 51.4. The quantitative estimate of drug-likeness (QED) is 0.151. The largest absolute Gasteiger partial charge is 1.00 e. The molecule has 0 radical (unpaired) electrons. The van der Waals surface area contributed by atoms with Crippen molar-refractivity contribution in [2.45, 2.75) is 215 Å². The van der Waals surface area contributed by atoms with E-state index in [0.717, 1.165) is 24.9 Å². The number of unbranched alkanes of at least 4 members (excludes halogenated alkanes) is 4. The van der Waals surface area contributed by atoms with Crippen LogP contribution in [0.15, 0.2) is 0 Å². The maximum absolute atomic E-state index is 11.4. The van der Waals surface area contributed by atoms with Gasteiger partial charge in [0.1, 0.15) is 8.11 Å². The van der Waals surface area contributed by atoms with E-state index in [1.165, 1.54) is 44.6 Å². The van der Waals surface area contributed by atoms with Crippen LogP contribution >= 0.6 is 11.1 Å². The fraction of sp³-hybridized carbons (Fsp3) is 0.971. The summed E-state index contributed by atoms with van der Waals surface area (Å²) in [5, 5.41) is 0. The summed E-state index contributed by atoms with van der Waals surface area (Å²) >= 11 is 5.41. The van der Waals surface area contributed by atoms with Crippen molar-refractivity contribution in [1.29, 1.82) is 0 Å². The van der Waals surface area contributed by atoms with Crippen LogP contribution in [0.5, 0.6) is 0 Å². The molecule has 0 aromatic rings. The molecule has 0 amide bonds. The Bertz CT molecular complexity index is 777. The Hall–Kier alpha value is 3.75. The van der Waals surface area contributed by atoms with E-state index in [2.05, 4.69) is 126 Å². The third-order valence-electron chi connectivity index (χ3n) is 6.30. The average Bonchev–Trinajstić information content (AvgIpc) is 2.91. The van der Waals surface area contributed by atoms with Gasteiger partial charge in [-0.05, 0) is 90.7 Å². The number of halogens is 1. The van der Waals surface area contributed by atoms with E-state index in [-0.39, 0.29) is 58.0 Å². The molecule has 1 heterocycles. The Labute approximate surface area is 397 Å². The summed E-state index contributed by atoms with van der Waals surface area (Å²) < 4.78 is 39.3. The van der Waals surface area contributed by atoms with Gasteiger partial charge in [-0.3, -0.25) is 0 Å². The van der Waals surface area contributed by atoms with Crippen LogP contribution in [0, 0.1) is 6.92 Å². The Morgan fingerprint density at radius 1 is 0.611 bits per heavy atom. The molecule has 7 nitrogen and oxygen atoms in total. The molecule has 20 heteroatoms. The normalized spacial score (nSPS) is 15.7. The van der Waals surface area contributed by atoms with Crippen LogP contribution in [0.2, 0.25) is 136 Å². The van der Waals surface area contributed by atoms with Crippen LogP contribution in [0.4, 0.5) is 0 Å². The molecule has 1 saturated heterocycles. The van der Waals surface area contributed by atoms with Crippen molar-refractivity contribution in [3.8, 4) is 0 Å². The van der Waals surface area contributed by atoms with Crippen molar-refractivity contribution in [2.75, 3.05) is 0 Å². The van der Waals surface area contributed by atoms with Gasteiger partial charge >= 0.3 is 82.3 Å². The molecular weight excluding hydrogens is 829 g/mol. The van der Waals surface area contributed by atoms with Crippen LogP contribution < -0.4 is 66.2 Å². The Balaban J connectivity index is -0.0000000589. The first kappa shape index (κ1) is 72.2. The zero-order valence-corrected chi connectivity index (χ0v) is 51.4. The maximum atomic E-state index is 11.4. The first-order valence-electron chi connectivity index (χ1n) is 20.9. The molecule has 0 N–H and O–H groups in total. The van der Waals surface area contributed by atoms with Crippen LogP contribution in [0.3, 0.4) is 0 Å². The summed E-state index contributed by atoms with van der Waals surface area (Å²) in [6.07, 6.45) is 9.62. The van der Waals surface area contributed by atoms with Gasteiger partial charge in [-0.2, -0.15) is 17.5 Å². The SMILES string of the molecule is CCCC[Si](C)(C)O[SiH](C)C.CCCC[Si](C)(C)O[Si](C)(C)[O-].CCCC[Si](C)(C)[O-].C[SiH](C)Cl.C[Si]1(C)O[Si](C)(C)O[Si](C)(C)O1.[2HH].[2H][2H].[CH2-]CCC.[Li+].[Li+].[Li+]. The van der Waals surface area contributed by atoms with Crippen LogP contribution in [0.1, 0.15) is 83.5 Å². The van der Waals surface area contributed by atoms with Crippen molar-refractivity contribution >= 4 is 87.4 Å². The predicted molar refractivity (Wildman–Crippen MR) is 255 cm³/mol. The van der Waals surface area contributed by atoms with Crippen molar-refractivity contribution < 1.29 is 91.1 Å². The van der Waals surface area contributed by atoms with Gasteiger partial charge in [0.15, 0.2) is 25.7 Å². The van der Waals surface area contributed by atoms with Gasteiger partial charge in [0.05, 0.1) is 8.56 Å². The third kappa shape index (κ3) is 70.3. The molecule has 0 unspecified atom stereocenters. The molecule has 1 rings (SSSR count). The number of hydrogen-bond acceptors (Lipinski definition) is 7. The van der Waals surface area contributed by atoms with Crippen molar-refractivity contribution in [3.05, 3.63) is 6.92 Å². The predicted octanol–water partition coefficient (Wildman–Crippen LogP) is 2.90. The molecule has 0 saturated carbocycles. The molecule has 0 atom stereocenters. The second-order valence-corrected chi connectivity index (χ2v) is 51.8. The molecule has 54 heavy (non-hydrogen) atoms. The minimum Gasteiger partial charge on any atom is -0.859 e. The summed E-state index contributed by atoms with van der Waals surface area (Å²) in [5.74, 6) is 0. The molecule has 1 aliphatic heterocycles. The van der Waals surface area contributed by atoms with Gasteiger partial charge < -0.3 is 37.1 Å². The van der Waals surface area contributed by atoms with E-state index >= 15 is 0 Å². The van der Waals surface area contributed by atoms with E-state index in [9.17, 15) is 9.59 Å². The summed E-state index contributed by atoms with van der Waals surface area (Å²) in [6.45, 7) is 49.7. The molecule has 1 fully saturated rings. The van der Waals surface area contributed by atoms with Gasteiger partial charge in [-0.15, -0.1) is 0 Å². The van der Waals surface area contributed by atoms with Gasteiger partial charge in [-0.25, -0.2) is 0 Å². The summed E-state index contributed by atoms with van der Waals surface area (Å²) in [6, 6.07) is 3.42. The Morgan fingerprint density at radius 3 is 1.06 bits per heavy atom. The Morgan fingerprint density at radius 2 is 0.870 bits per heavy atom. The van der Waals surface area contributed by atoms with Crippen LogP contribution in [0.25, 0.3) is 0 Å². The van der Waals surface area contributed by atoms with Crippen LogP contribution in [-0.2, 0) is 20.6 Å². The molecule has 0 aliphatic carbocycles.